The number of rotatable bonds is 1. The molecular weight excluding hydrogens is 176 g/mol. The molecule has 4 nitrogen and oxygen atoms in total. The van der Waals surface area contributed by atoms with E-state index >= 15 is 0 Å². The molecule has 0 aliphatic rings. The van der Waals surface area contributed by atoms with E-state index in [0.717, 1.165) is 11.3 Å². The van der Waals surface area contributed by atoms with Gasteiger partial charge in [0.2, 0.25) is 0 Å². The van der Waals surface area contributed by atoms with E-state index in [2.05, 4.69) is 16.4 Å². The molecule has 0 saturated heterocycles. The summed E-state index contributed by atoms with van der Waals surface area (Å²) in [4.78, 5) is 0. The maximum absolute atomic E-state index is 8.85. The minimum Gasteiger partial charge on any atom is -0.220 e. The average molecular weight is 184 g/mol. The molecule has 1 aromatic heterocycles. The standard InChI is InChI=1S/C10H8N4/c1-8-9(7-11)3-2-4-10(8)14-6-5-12-13-14/h2-6H,1H3. The summed E-state index contributed by atoms with van der Waals surface area (Å²) in [5.41, 5.74) is 2.47. The van der Waals surface area contributed by atoms with Gasteiger partial charge in [0.25, 0.3) is 0 Å². The van der Waals surface area contributed by atoms with Crippen LogP contribution < -0.4 is 0 Å². The van der Waals surface area contributed by atoms with Gasteiger partial charge in [-0.15, -0.1) is 5.10 Å². The summed E-state index contributed by atoms with van der Waals surface area (Å²) in [6.07, 6.45) is 3.36. The molecule has 0 bridgehead atoms. The fourth-order valence-electron chi connectivity index (χ4n) is 1.33. The van der Waals surface area contributed by atoms with Gasteiger partial charge in [-0.05, 0) is 24.6 Å². The quantitative estimate of drug-likeness (QED) is 0.674. The highest BCUT2D eigenvalue weighted by atomic mass is 15.4. The molecule has 0 amide bonds. The van der Waals surface area contributed by atoms with Crippen LogP contribution in [0.4, 0.5) is 0 Å². The van der Waals surface area contributed by atoms with Gasteiger partial charge in [0.15, 0.2) is 0 Å². The first-order chi connectivity index (χ1) is 6.83. The van der Waals surface area contributed by atoms with Crippen molar-refractivity contribution in [3.63, 3.8) is 0 Å². The van der Waals surface area contributed by atoms with Crippen LogP contribution in [0.1, 0.15) is 11.1 Å². The maximum atomic E-state index is 8.85. The molecule has 0 atom stereocenters. The molecule has 1 aromatic carbocycles. The predicted molar refractivity (Wildman–Crippen MR) is 50.8 cm³/mol. The monoisotopic (exact) mass is 184 g/mol. The lowest BCUT2D eigenvalue weighted by molar-refractivity contribution is 0.798. The smallest absolute Gasteiger partial charge is 0.0995 e. The lowest BCUT2D eigenvalue weighted by Crippen LogP contribution is -1.99. The molecule has 4 heteroatoms. The van der Waals surface area contributed by atoms with Crippen LogP contribution in [0.15, 0.2) is 30.6 Å². The van der Waals surface area contributed by atoms with Crippen LogP contribution in [0.3, 0.4) is 0 Å². The second-order valence-corrected chi connectivity index (χ2v) is 2.91. The first-order valence-corrected chi connectivity index (χ1v) is 4.19. The van der Waals surface area contributed by atoms with Crippen LogP contribution in [0.5, 0.6) is 0 Å². The normalized spacial score (nSPS) is 9.71. The summed E-state index contributed by atoms with van der Waals surface area (Å²) in [6, 6.07) is 7.67. The second kappa shape index (κ2) is 3.30. The number of hydrogen-bond acceptors (Lipinski definition) is 3. The molecular formula is C10H8N4. The fourth-order valence-corrected chi connectivity index (χ4v) is 1.33. The topological polar surface area (TPSA) is 54.5 Å². The Kier molecular flexibility index (Phi) is 1.99. The largest absolute Gasteiger partial charge is 0.220 e. The highest BCUT2D eigenvalue weighted by molar-refractivity contribution is 5.49. The Morgan fingerprint density at radius 3 is 2.93 bits per heavy atom. The van der Waals surface area contributed by atoms with Crippen LogP contribution in [0.2, 0.25) is 0 Å². The molecule has 0 unspecified atom stereocenters. The van der Waals surface area contributed by atoms with Crippen LogP contribution in [-0.4, -0.2) is 15.0 Å². The molecule has 68 valence electrons. The summed E-state index contributed by atoms with van der Waals surface area (Å²) < 4.78 is 1.65. The third-order valence-corrected chi connectivity index (χ3v) is 2.10. The Balaban J connectivity index is 2.61. The maximum Gasteiger partial charge on any atom is 0.0995 e. The molecule has 0 saturated carbocycles. The van der Waals surface area contributed by atoms with Gasteiger partial charge in [0.1, 0.15) is 0 Å². The van der Waals surface area contributed by atoms with E-state index in [-0.39, 0.29) is 0 Å². The van der Waals surface area contributed by atoms with Crippen molar-refractivity contribution >= 4 is 0 Å². The van der Waals surface area contributed by atoms with Crippen LogP contribution >= 0.6 is 0 Å². The van der Waals surface area contributed by atoms with Crippen molar-refractivity contribution < 1.29 is 0 Å². The van der Waals surface area contributed by atoms with Gasteiger partial charge in [0.05, 0.1) is 29.7 Å². The zero-order valence-corrected chi connectivity index (χ0v) is 7.68. The zero-order chi connectivity index (χ0) is 9.97. The predicted octanol–water partition coefficient (Wildman–Crippen LogP) is 1.45. The third-order valence-electron chi connectivity index (χ3n) is 2.10. The summed E-state index contributed by atoms with van der Waals surface area (Å²) in [6.45, 7) is 1.90. The minimum atomic E-state index is 0.665. The Morgan fingerprint density at radius 2 is 2.29 bits per heavy atom. The number of nitriles is 1. The Labute approximate surface area is 81.4 Å². The van der Waals surface area contributed by atoms with Crippen LogP contribution in [-0.2, 0) is 0 Å². The molecule has 2 rings (SSSR count). The number of hydrogen-bond donors (Lipinski definition) is 0. The highest BCUT2D eigenvalue weighted by Gasteiger charge is 2.04. The van der Waals surface area contributed by atoms with E-state index < -0.39 is 0 Å². The first kappa shape index (κ1) is 8.45. The van der Waals surface area contributed by atoms with Gasteiger partial charge >= 0.3 is 0 Å². The summed E-state index contributed by atoms with van der Waals surface area (Å²) in [5.74, 6) is 0. The number of benzene rings is 1. The minimum absolute atomic E-state index is 0.665. The first-order valence-electron chi connectivity index (χ1n) is 4.19. The molecule has 0 spiro atoms. The molecule has 14 heavy (non-hydrogen) atoms. The van der Waals surface area contributed by atoms with Crippen molar-refractivity contribution in [2.75, 3.05) is 0 Å². The summed E-state index contributed by atoms with van der Waals surface area (Å²) >= 11 is 0. The Bertz CT molecular complexity index is 479. The molecule has 0 N–H and O–H groups in total. The third kappa shape index (κ3) is 1.25. The van der Waals surface area contributed by atoms with Gasteiger partial charge in [-0.2, -0.15) is 5.26 Å². The van der Waals surface area contributed by atoms with E-state index in [1.54, 1.807) is 23.1 Å². The second-order valence-electron chi connectivity index (χ2n) is 2.91. The van der Waals surface area contributed by atoms with Crippen molar-refractivity contribution in [2.24, 2.45) is 0 Å². The van der Waals surface area contributed by atoms with E-state index in [1.807, 2.05) is 19.1 Å². The van der Waals surface area contributed by atoms with E-state index in [0.29, 0.717) is 5.56 Å². The molecule has 1 heterocycles. The molecule has 0 aliphatic heterocycles. The van der Waals surface area contributed by atoms with Gasteiger partial charge in [-0.3, -0.25) is 0 Å². The van der Waals surface area contributed by atoms with Gasteiger partial charge in [0, 0.05) is 0 Å². The summed E-state index contributed by atoms with van der Waals surface area (Å²) in [5, 5.41) is 16.5. The number of aromatic nitrogens is 3. The van der Waals surface area contributed by atoms with E-state index in [1.165, 1.54) is 0 Å². The zero-order valence-electron chi connectivity index (χ0n) is 7.68. The lowest BCUT2D eigenvalue weighted by atomic mass is 10.1. The van der Waals surface area contributed by atoms with E-state index in [4.69, 9.17) is 5.26 Å². The molecule has 2 aromatic rings. The molecule has 0 radical (unpaired) electrons. The fraction of sp³-hybridized carbons (Fsp3) is 0.100. The van der Waals surface area contributed by atoms with Gasteiger partial charge < -0.3 is 0 Å². The van der Waals surface area contributed by atoms with Crippen molar-refractivity contribution in [1.82, 2.24) is 15.0 Å². The van der Waals surface area contributed by atoms with Crippen molar-refractivity contribution in [3.8, 4) is 11.8 Å². The molecule has 0 fully saturated rings. The van der Waals surface area contributed by atoms with Gasteiger partial charge in [-0.25, -0.2) is 4.68 Å². The van der Waals surface area contributed by atoms with Crippen LogP contribution in [0.25, 0.3) is 5.69 Å². The van der Waals surface area contributed by atoms with Crippen LogP contribution in [0, 0.1) is 18.3 Å². The summed E-state index contributed by atoms with van der Waals surface area (Å²) in [7, 11) is 0. The van der Waals surface area contributed by atoms with Gasteiger partial charge in [-0.1, -0.05) is 11.3 Å². The Hall–Kier alpha value is -2.15. The van der Waals surface area contributed by atoms with Crippen molar-refractivity contribution in [3.05, 3.63) is 41.7 Å². The number of nitrogens with zero attached hydrogens (tertiary/aromatic N) is 4. The van der Waals surface area contributed by atoms with Crippen molar-refractivity contribution in [2.45, 2.75) is 6.92 Å². The van der Waals surface area contributed by atoms with E-state index in [9.17, 15) is 0 Å². The Morgan fingerprint density at radius 1 is 1.43 bits per heavy atom. The SMILES string of the molecule is Cc1c(C#N)cccc1-n1ccnn1. The average Bonchev–Trinajstić information content (AvgIpc) is 2.71. The van der Waals surface area contributed by atoms with Crippen molar-refractivity contribution in [1.29, 1.82) is 5.26 Å². The highest BCUT2D eigenvalue weighted by Crippen LogP contribution is 2.15. The lowest BCUT2D eigenvalue weighted by Gasteiger charge is -2.05. The molecule has 0 aliphatic carbocycles.